The molecule has 4 heteroatoms. The zero-order chi connectivity index (χ0) is 8.27. The van der Waals surface area contributed by atoms with E-state index in [2.05, 4.69) is 9.72 Å². The second kappa shape index (κ2) is 3.30. The number of aromatic nitrogens is 1. The number of methoxy groups -OCH3 is 1. The monoisotopic (exact) mass is 156 g/mol. The Labute approximate surface area is 64.0 Å². The minimum atomic E-state index is -0.468. The fourth-order valence-corrected chi connectivity index (χ4v) is 0.719. The molecule has 0 saturated heterocycles. The predicted molar refractivity (Wildman–Crippen MR) is 38.6 cm³/mol. The smallest absolute Gasteiger partial charge is 0.250 e. The Bertz CT molecular complexity index is 252. The SMILES string of the molecule is COc1nc(CN)ccc1F. The van der Waals surface area contributed by atoms with Gasteiger partial charge in [0, 0.05) is 6.54 Å². The largest absolute Gasteiger partial charge is 0.479 e. The van der Waals surface area contributed by atoms with Gasteiger partial charge in [-0.1, -0.05) is 0 Å². The van der Waals surface area contributed by atoms with Crippen molar-refractivity contribution in [3.05, 3.63) is 23.6 Å². The highest BCUT2D eigenvalue weighted by Gasteiger charge is 2.03. The second-order valence-corrected chi connectivity index (χ2v) is 2.00. The topological polar surface area (TPSA) is 48.1 Å². The lowest BCUT2D eigenvalue weighted by molar-refractivity contribution is 0.367. The van der Waals surface area contributed by atoms with Crippen LogP contribution in [0.15, 0.2) is 12.1 Å². The van der Waals surface area contributed by atoms with Crippen molar-refractivity contribution >= 4 is 0 Å². The van der Waals surface area contributed by atoms with Gasteiger partial charge in [-0.25, -0.2) is 9.37 Å². The molecule has 0 aliphatic carbocycles. The van der Waals surface area contributed by atoms with E-state index in [-0.39, 0.29) is 12.4 Å². The molecule has 0 aliphatic heterocycles. The highest BCUT2D eigenvalue weighted by Crippen LogP contribution is 2.12. The van der Waals surface area contributed by atoms with Crippen molar-refractivity contribution in [1.29, 1.82) is 0 Å². The van der Waals surface area contributed by atoms with E-state index in [1.807, 2.05) is 0 Å². The van der Waals surface area contributed by atoms with Gasteiger partial charge in [0.25, 0.3) is 0 Å². The van der Waals surface area contributed by atoms with E-state index in [1.54, 1.807) is 0 Å². The fourth-order valence-electron chi connectivity index (χ4n) is 0.719. The standard InChI is InChI=1S/C7H9FN2O/c1-11-7-6(8)3-2-5(4-9)10-7/h2-3H,4,9H2,1H3. The molecule has 0 aromatic carbocycles. The van der Waals surface area contributed by atoms with E-state index in [0.717, 1.165) is 0 Å². The molecule has 0 saturated carbocycles. The van der Waals surface area contributed by atoms with Crippen LogP contribution >= 0.6 is 0 Å². The van der Waals surface area contributed by atoms with E-state index in [4.69, 9.17) is 5.73 Å². The number of rotatable bonds is 2. The molecule has 11 heavy (non-hydrogen) atoms. The van der Waals surface area contributed by atoms with Crippen LogP contribution in [0.3, 0.4) is 0 Å². The highest BCUT2D eigenvalue weighted by atomic mass is 19.1. The molecule has 60 valence electrons. The lowest BCUT2D eigenvalue weighted by Gasteiger charge is -2.01. The Kier molecular flexibility index (Phi) is 2.38. The average Bonchev–Trinajstić information content (AvgIpc) is 2.05. The van der Waals surface area contributed by atoms with Gasteiger partial charge >= 0.3 is 0 Å². The summed E-state index contributed by atoms with van der Waals surface area (Å²) in [6.07, 6.45) is 0. The van der Waals surface area contributed by atoms with Crippen LogP contribution in [-0.2, 0) is 6.54 Å². The summed E-state index contributed by atoms with van der Waals surface area (Å²) in [4.78, 5) is 3.79. The van der Waals surface area contributed by atoms with Gasteiger partial charge in [-0.15, -0.1) is 0 Å². The lowest BCUT2D eigenvalue weighted by Crippen LogP contribution is -2.01. The number of halogens is 1. The predicted octanol–water partition coefficient (Wildman–Crippen LogP) is 0.688. The number of pyridine rings is 1. The van der Waals surface area contributed by atoms with Crippen LogP contribution in [0.1, 0.15) is 5.69 Å². The van der Waals surface area contributed by atoms with Crippen LogP contribution in [0.4, 0.5) is 4.39 Å². The van der Waals surface area contributed by atoms with Crippen molar-refractivity contribution in [2.45, 2.75) is 6.54 Å². The lowest BCUT2D eigenvalue weighted by atomic mass is 10.3. The Morgan fingerprint density at radius 3 is 2.91 bits per heavy atom. The molecule has 1 rings (SSSR count). The molecule has 0 spiro atoms. The fraction of sp³-hybridized carbons (Fsp3) is 0.286. The average molecular weight is 156 g/mol. The van der Waals surface area contributed by atoms with Gasteiger partial charge in [-0.2, -0.15) is 0 Å². The summed E-state index contributed by atoms with van der Waals surface area (Å²) in [7, 11) is 1.37. The first-order chi connectivity index (χ1) is 5.27. The maximum Gasteiger partial charge on any atom is 0.250 e. The van der Waals surface area contributed by atoms with E-state index in [9.17, 15) is 4.39 Å². The summed E-state index contributed by atoms with van der Waals surface area (Å²) in [5.41, 5.74) is 5.90. The molecule has 1 aromatic heterocycles. The first-order valence-corrected chi connectivity index (χ1v) is 3.17. The minimum Gasteiger partial charge on any atom is -0.479 e. The van der Waals surface area contributed by atoms with Gasteiger partial charge in [-0.05, 0) is 12.1 Å². The Morgan fingerprint density at radius 1 is 1.64 bits per heavy atom. The summed E-state index contributed by atoms with van der Waals surface area (Å²) in [5, 5.41) is 0. The summed E-state index contributed by atoms with van der Waals surface area (Å²) in [5.74, 6) is -0.474. The van der Waals surface area contributed by atoms with Crippen LogP contribution in [0.25, 0.3) is 0 Å². The number of nitrogens with two attached hydrogens (primary N) is 1. The zero-order valence-corrected chi connectivity index (χ0v) is 6.17. The van der Waals surface area contributed by atoms with Crippen LogP contribution < -0.4 is 10.5 Å². The van der Waals surface area contributed by atoms with Crippen LogP contribution in [0.5, 0.6) is 5.88 Å². The number of nitrogens with zero attached hydrogens (tertiary/aromatic N) is 1. The molecule has 0 aliphatic rings. The summed E-state index contributed by atoms with van der Waals surface area (Å²) in [6, 6.07) is 2.81. The molecule has 0 atom stereocenters. The van der Waals surface area contributed by atoms with Gasteiger partial charge in [0.1, 0.15) is 0 Å². The van der Waals surface area contributed by atoms with Crippen LogP contribution in [-0.4, -0.2) is 12.1 Å². The molecule has 0 fully saturated rings. The maximum absolute atomic E-state index is 12.7. The molecule has 0 unspecified atom stereocenters. The first kappa shape index (κ1) is 7.94. The molecule has 0 amide bonds. The third-order valence-corrected chi connectivity index (χ3v) is 1.27. The van der Waals surface area contributed by atoms with Gasteiger partial charge in [0.15, 0.2) is 5.82 Å². The van der Waals surface area contributed by atoms with Crippen molar-refractivity contribution in [2.24, 2.45) is 5.73 Å². The number of hydrogen-bond donors (Lipinski definition) is 1. The van der Waals surface area contributed by atoms with Crippen molar-refractivity contribution < 1.29 is 9.13 Å². The van der Waals surface area contributed by atoms with Crippen molar-refractivity contribution in [1.82, 2.24) is 4.98 Å². The first-order valence-electron chi connectivity index (χ1n) is 3.17. The van der Waals surface area contributed by atoms with E-state index in [1.165, 1.54) is 19.2 Å². The van der Waals surface area contributed by atoms with E-state index in [0.29, 0.717) is 5.69 Å². The second-order valence-electron chi connectivity index (χ2n) is 2.00. The highest BCUT2D eigenvalue weighted by molar-refractivity contribution is 5.17. The molecular formula is C7H9FN2O. The normalized spacial score (nSPS) is 9.73. The van der Waals surface area contributed by atoms with Gasteiger partial charge in [-0.3, -0.25) is 0 Å². The molecule has 0 radical (unpaired) electrons. The Morgan fingerprint density at radius 2 is 2.36 bits per heavy atom. The van der Waals surface area contributed by atoms with Gasteiger partial charge < -0.3 is 10.5 Å². The number of hydrogen-bond acceptors (Lipinski definition) is 3. The van der Waals surface area contributed by atoms with Crippen molar-refractivity contribution in [3.8, 4) is 5.88 Å². The summed E-state index contributed by atoms with van der Waals surface area (Å²) in [6.45, 7) is 0.288. The third kappa shape index (κ3) is 1.65. The molecule has 1 aromatic rings. The van der Waals surface area contributed by atoms with E-state index >= 15 is 0 Å². The van der Waals surface area contributed by atoms with Gasteiger partial charge in [0.2, 0.25) is 5.88 Å². The zero-order valence-electron chi connectivity index (χ0n) is 6.17. The molecule has 3 nitrogen and oxygen atoms in total. The van der Waals surface area contributed by atoms with E-state index < -0.39 is 5.82 Å². The van der Waals surface area contributed by atoms with Crippen LogP contribution in [0.2, 0.25) is 0 Å². The maximum atomic E-state index is 12.7. The molecule has 0 bridgehead atoms. The van der Waals surface area contributed by atoms with Gasteiger partial charge in [0.05, 0.1) is 12.8 Å². The number of ether oxygens (including phenoxy) is 1. The summed E-state index contributed by atoms with van der Waals surface area (Å²) >= 11 is 0. The molecular weight excluding hydrogens is 147 g/mol. The third-order valence-electron chi connectivity index (χ3n) is 1.27. The van der Waals surface area contributed by atoms with Crippen LogP contribution in [0, 0.1) is 5.82 Å². The molecule has 2 N–H and O–H groups in total. The Balaban J connectivity index is 3.02. The Hall–Kier alpha value is -1.16. The minimum absolute atomic E-state index is 0.00653. The quantitative estimate of drug-likeness (QED) is 0.685. The summed E-state index contributed by atoms with van der Waals surface area (Å²) < 4.78 is 17.3. The van der Waals surface area contributed by atoms with Crippen molar-refractivity contribution in [2.75, 3.05) is 7.11 Å². The molecule has 1 heterocycles. The van der Waals surface area contributed by atoms with Crippen molar-refractivity contribution in [3.63, 3.8) is 0 Å².